The summed E-state index contributed by atoms with van der Waals surface area (Å²) in [4.78, 5) is 11.3. The van der Waals surface area contributed by atoms with Crippen LogP contribution in [0.5, 0.6) is 11.8 Å². The van der Waals surface area contributed by atoms with Crippen molar-refractivity contribution >= 4 is 91.3 Å². The molecule has 0 fully saturated rings. The summed E-state index contributed by atoms with van der Waals surface area (Å²) in [5, 5.41) is 13.7. The van der Waals surface area contributed by atoms with E-state index in [9.17, 15) is 30.7 Å². The summed E-state index contributed by atoms with van der Waals surface area (Å²) < 4.78 is 94.3. The van der Waals surface area contributed by atoms with Gasteiger partial charge in [-0.2, -0.15) is 41.3 Å². The molecule has 0 radical (unpaired) electrons. The number of aromatic amines is 1. The second-order valence-corrected chi connectivity index (χ2v) is 11.1. The van der Waals surface area contributed by atoms with Crippen LogP contribution in [0.4, 0.5) is 30.7 Å². The largest absolute Gasteiger partial charge is 0.424 e. The summed E-state index contributed by atoms with van der Waals surface area (Å²) in [6, 6.07) is 3.20. The molecule has 0 amide bonds. The van der Waals surface area contributed by atoms with Crippen molar-refractivity contribution in [1.29, 1.82) is 0 Å². The first-order chi connectivity index (χ1) is 18.9. The molecule has 0 saturated carbocycles. The van der Waals surface area contributed by atoms with E-state index in [4.69, 9.17) is 16.3 Å². The number of benzene rings is 1. The summed E-state index contributed by atoms with van der Waals surface area (Å²) >= 11 is 20.7. The van der Waals surface area contributed by atoms with E-state index in [1.807, 2.05) is 0 Å². The molecule has 1 aromatic carbocycles. The quantitative estimate of drug-likeness (QED) is 0.193. The topological polar surface area (TPSA) is 112 Å². The Kier molecular flexibility index (Phi) is 13.9. The maximum Gasteiger partial charge on any atom is 0.390 e. The van der Waals surface area contributed by atoms with Crippen LogP contribution >= 0.6 is 91.3 Å². The number of H-pyrrole nitrogens is 1. The number of nitrogens with zero attached hydrogens (tertiary/aromatic N) is 8. The molecule has 0 saturated heterocycles. The Balaban J connectivity index is 0.000000248. The predicted molar refractivity (Wildman–Crippen MR) is 148 cm³/mol. The number of hydrogen-bond acceptors (Lipinski definition) is 7. The van der Waals surface area contributed by atoms with Gasteiger partial charge in [-0.05, 0) is 91.8 Å². The van der Waals surface area contributed by atoms with Crippen LogP contribution in [0.15, 0.2) is 41.9 Å². The van der Waals surface area contributed by atoms with Crippen molar-refractivity contribution in [3.8, 4) is 11.8 Å². The molecule has 0 spiro atoms. The number of hydrogen-bond donors (Lipinski definition) is 1. The van der Waals surface area contributed by atoms with Gasteiger partial charge >= 0.3 is 18.4 Å². The van der Waals surface area contributed by atoms with E-state index in [2.05, 4.69) is 115 Å². The Morgan fingerprint density at radius 3 is 1.78 bits per heavy atom. The molecule has 0 bridgehead atoms. The monoisotopic (exact) mass is 933 g/mol. The third-order valence-electron chi connectivity index (χ3n) is 3.90. The van der Waals surface area contributed by atoms with E-state index in [1.54, 1.807) is 0 Å². The number of halogens is 13. The van der Waals surface area contributed by atoms with Gasteiger partial charge in [0.05, 0.1) is 25.9 Å². The normalized spacial score (nSPS) is 11.4. The molecule has 0 aliphatic carbocycles. The lowest BCUT2D eigenvalue weighted by atomic mass is 10.3. The van der Waals surface area contributed by atoms with Crippen molar-refractivity contribution in [2.75, 3.05) is 0 Å². The Labute approximate surface area is 272 Å². The summed E-state index contributed by atoms with van der Waals surface area (Å²) in [5.74, 6) is -0.633. The molecule has 0 atom stereocenters. The van der Waals surface area contributed by atoms with Gasteiger partial charge in [0.2, 0.25) is 14.2 Å². The van der Waals surface area contributed by atoms with E-state index >= 15 is 0 Å². The molecule has 3 heterocycles. The molecule has 4 rings (SSSR count). The number of ether oxygens (including phenoxy) is 1. The SMILES string of the molecule is Brc1n[nH]c(Br)n1.FC(F)(F)CCn1nc(Br)nc1Br.Fc1cc(Cl)cc(Oc2nc(Br)nn2CCC(F)(F)F)c1. The Bertz CT molecular complexity index is 1380. The van der Waals surface area contributed by atoms with E-state index in [0.29, 0.717) is 9.47 Å². The third kappa shape index (κ3) is 14.6. The van der Waals surface area contributed by atoms with Gasteiger partial charge in [-0.3, -0.25) is 5.10 Å². The predicted octanol–water partition coefficient (Wildman–Crippen LogP) is 8.66. The van der Waals surface area contributed by atoms with Crippen molar-refractivity contribution in [2.24, 2.45) is 0 Å². The van der Waals surface area contributed by atoms with Crippen LogP contribution < -0.4 is 4.74 Å². The van der Waals surface area contributed by atoms with Crippen LogP contribution in [-0.4, -0.2) is 57.1 Å². The van der Waals surface area contributed by atoms with Crippen molar-refractivity contribution in [3.05, 3.63) is 52.7 Å². The summed E-state index contributed by atoms with van der Waals surface area (Å²) in [6.45, 7) is -0.705. The average molecular weight is 938 g/mol. The van der Waals surface area contributed by atoms with Gasteiger partial charge in [0.1, 0.15) is 11.6 Å². The number of rotatable bonds is 6. The second kappa shape index (κ2) is 15.9. The van der Waals surface area contributed by atoms with Crippen LogP contribution in [0, 0.1) is 5.82 Å². The first-order valence-electron chi connectivity index (χ1n) is 10.3. The summed E-state index contributed by atoms with van der Waals surface area (Å²) in [6.07, 6.45) is -10.5. The van der Waals surface area contributed by atoms with Gasteiger partial charge in [-0.1, -0.05) is 11.6 Å². The van der Waals surface area contributed by atoms with Gasteiger partial charge in [0.15, 0.2) is 9.47 Å². The second-order valence-electron chi connectivity index (χ2n) is 7.09. The van der Waals surface area contributed by atoms with Gasteiger partial charge < -0.3 is 4.74 Å². The molecular formula is C18H12Br5ClF7N9O. The van der Waals surface area contributed by atoms with Crippen molar-refractivity contribution < 1.29 is 35.5 Å². The van der Waals surface area contributed by atoms with Gasteiger partial charge in [0.25, 0.3) is 0 Å². The molecular weight excluding hydrogens is 926 g/mol. The lowest BCUT2D eigenvalue weighted by molar-refractivity contribution is -0.138. The molecule has 10 nitrogen and oxygen atoms in total. The number of aromatic nitrogens is 9. The first kappa shape index (κ1) is 35.8. The summed E-state index contributed by atoms with van der Waals surface area (Å²) in [5.41, 5.74) is 0. The minimum absolute atomic E-state index is 0.00755. The molecule has 3 aromatic heterocycles. The highest BCUT2D eigenvalue weighted by Crippen LogP contribution is 2.27. The zero-order valence-corrected chi connectivity index (χ0v) is 28.1. The fourth-order valence-electron chi connectivity index (χ4n) is 2.34. The van der Waals surface area contributed by atoms with Gasteiger partial charge in [-0.15, -0.1) is 15.3 Å². The fourth-order valence-corrected chi connectivity index (χ4v) is 4.68. The van der Waals surface area contributed by atoms with Crippen LogP contribution in [0.2, 0.25) is 5.02 Å². The minimum atomic E-state index is -4.34. The molecule has 0 aliphatic heterocycles. The Morgan fingerprint density at radius 2 is 1.34 bits per heavy atom. The van der Waals surface area contributed by atoms with E-state index < -0.39 is 37.6 Å². The fraction of sp³-hybridized carbons (Fsp3) is 0.333. The Hall–Kier alpha value is -1.36. The lowest BCUT2D eigenvalue weighted by Crippen LogP contribution is -2.13. The van der Waals surface area contributed by atoms with Crippen molar-refractivity contribution in [3.63, 3.8) is 0 Å². The van der Waals surface area contributed by atoms with Gasteiger partial charge in [-0.25, -0.2) is 13.8 Å². The molecule has 226 valence electrons. The molecule has 41 heavy (non-hydrogen) atoms. The van der Waals surface area contributed by atoms with Crippen LogP contribution in [0.3, 0.4) is 0 Å². The zero-order valence-electron chi connectivity index (χ0n) is 19.5. The van der Waals surface area contributed by atoms with Crippen molar-refractivity contribution in [1.82, 2.24) is 44.7 Å². The summed E-state index contributed by atoms with van der Waals surface area (Å²) in [7, 11) is 0. The van der Waals surface area contributed by atoms with E-state index in [-0.39, 0.29) is 37.5 Å². The molecule has 0 unspecified atom stereocenters. The first-order valence-corrected chi connectivity index (χ1v) is 14.6. The molecule has 23 heteroatoms. The molecule has 0 aliphatic rings. The van der Waals surface area contributed by atoms with E-state index in [0.717, 1.165) is 21.5 Å². The number of alkyl halides is 6. The number of aryl methyl sites for hydroxylation is 2. The van der Waals surface area contributed by atoms with Crippen LogP contribution in [0.25, 0.3) is 0 Å². The van der Waals surface area contributed by atoms with Crippen molar-refractivity contribution in [2.45, 2.75) is 38.3 Å². The average Bonchev–Trinajstić information content (AvgIpc) is 3.47. The van der Waals surface area contributed by atoms with E-state index in [1.165, 1.54) is 6.07 Å². The highest BCUT2D eigenvalue weighted by Gasteiger charge is 2.28. The maximum atomic E-state index is 13.2. The lowest BCUT2D eigenvalue weighted by Gasteiger charge is -2.09. The third-order valence-corrected chi connectivity index (χ3v) is 6.09. The number of nitrogens with one attached hydrogen (secondary N) is 1. The minimum Gasteiger partial charge on any atom is -0.424 e. The standard InChI is InChI=1S/C11H7BrClF4N3O.C5H4Br2F3N3.C2HBr2N3/c12-9-18-10(20(19-9)2-1-11(15,16)17)21-8-4-6(13)3-7(14)5-8;6-3-11-4(7)13(12-3)2-1-5(8,9)10;3-1-5-2(4)7-6-1/h3-5H,1-2H2;1-2H2;(H,5,6,7). The highest BCUT2D eigenvalue weighted by molar-refractivity contribution is 9.11. The van der Waals surface area contributed by atoms with Gasteiger partial charge in [0, 0.05) is 11.1 Å². The molecule has 1 N–H and O–H groups in total. The van der Waals surface area contributed by atoms with Crippen LogP contribution in [-0.2, 0) is 13.1 Å². The highest BCUT2D eigenvalue weighted by atomic mass is 79.9. The zero-order chi connectivity index (χ0) is 31.0. The molecule has 4 aromatic rings. The maximum absolute atomic E-state index is 13.2. The smallest absolute Gasteiger partial charge is 0.390 e. The van der Waals surface area contributed by atoms with Crippen LogP contribution in [0.1, 0.15) is 12.8 Å². The Morgan fingerprint density at radius 1 is 0.780 bits per heavy atom.